The number of anilines is 1. The lowest BCUT2D eigenvalue weighted by Crippen LogP contribution is -2.27. The highest BCUT2D eigenvalue weighted by Gasteiger charge is 2.16. The van der Waals surface area contributed by atoms with E-state index >= 15 is 0 Å². The van der Waals surface area contributed by atoms with Gasteiger partial charge in [0.25, 0.3) is 0 Å². The van der Waals surface area contributed by atoms with Gasteiger partial charge in [-0.1, -0.05) is 53.7 Å². The second-order valence-corrected chi connectivity index (χ2v) is 7.23. The fourth-order valence-electron chi connectivity index (χ4n) is 2.73. The van der Waals surface area contributed by atoms with E-state index in [1.807, 2.05) is 18.2 Å². The van der Waals surface area contributed by atoms with E-state index in [0.29, 0.717) is 16.9 Å². The summed E-state index contributed by atoms with van der Waals surface area (Å²) in [4.78, 5) is 23.0. The first-order valence-corrected chi connectivity index (χ1v) is 9.80. The van der Waals surface area contributed by atoms with Crippen LogP contribution in [-0.4, -0.2) is 41.3 Å². The van der Waals surface area contributed by atoms with Gasteiger partial charge in [0.2, 0.25) is 5.91 Å². The Morgan fingerprint density at radius 2 is 1.96 bits per heavy atom. The number of hydrogen-bond donors (Lipinski definition) is 1. The van der Waals surface area contributed by atoms with Gasteiger partial charge in [0.15, 0.2) is 5.16 Å². The predicted molar refractivity (Wildman–Crippen MR) is 102 cm³/mol. The van der Waals surface area contributed by atoms with Gasteiger partial charge in [-0.3, -0.25) is 4.79 Å². The fourth-order valence-corrected chi connectivity index (χ4v) is 3.64. The number of rotatable bonds is 7. The maximum absolute atomic E-state index is 12.0. The maximum Gasteiger partial charge on any atom is 0.230 e. The normalized spacial score (nSPS) is 13.9. The molecular weight excluding hydrogens is 356 g/mol. The SMILES string of the molecule is O=C(CSc1nc(Cl)cc(N2CCCC2)n1)NCCc1ccccc1. The molecule has 0 saturated carbocycles. The Morgan fingerprint density at radius 3 is 2.72 bits per heavy atom. The Balaban J connectivity index is 1.46. The Hall–Kier alpha value is -1.79. The van der Waals surface area contributed by atoms with Crippen LogP contribution in [0.1, 0.15) is 18.4 Å². The summed E-state index contributed by atoms with van der Waals surface area (Å²) >= 11 is 7.42. The molecule has 0 bridgehead atoms. The second kappa shape index (κ2) is 9.06. The molecule has 0 aliphatic carbocycles. The Bertz CT molecular complexity index is 707. The molecule has 1 aliphatic rings. The van der Waals surface area contributed by atoms with Gasteiger partial charge in [0, 0.05) is 25.7 Å². The van der Waals surface area contributed by atoms with Crippen molar-refractivity contribution in [2.24, 2.45) is 0 Å². The molecule has 1 fully saturated rings. The smallest absolute Gasteiger partial charge is 0.230 e. The van der Waals surface area contributed by atoms with E-state index in [1.54, 1.807) is 6.07 Å². The van der Waals surface area contributed by atoms with E-state index in [4.69, 9.17) is 11.6 Å². The van der Waals surface area contributed by atoms with Crippen LogP contribution < -0.4 is 10.2 Å². The molecule has 1 aromatic carbocycles. The molecule has 1 N–H and O–H groups in total. The molecule has 7 heteroatoms. The molecule has 1 aliphatic heterocycles. The number of carbonyl (C=O) groups is 1. The largest absolute Gasteiger partial charge is 0.356 e. The van der Waals surface area contributed by atoms with Crippen LogP contribution in [0.15, 0.2) is 41.6 Å². The first kappa shape index (κ1) is 18.0. The molecule has 0 unspecified atom stereocenters. The molecule has 25 heavy (non-hydrogen) atoms. The first-order chi connectivity index (χ1) is 12.2. The molecule has 1 aromatic heterocycles. The van der Waals surface area contributed by atoms with Crippen LogP contribution in [0.4, 0.5) is 5.82 Å². The lowest BCUT2D eigenvalue weighted by Gasteiger charge is -2.16. The topological polar surface area (TPSA) is 58.1 Å². The molecule has 0 spiro atoms. The van der Waals surface area contributed by atoms with Gasteiger partial charge < -0.3 is 10.2 Å². The molecule has 3 rings (SSSR count). The van der Waals surface area contributed by atoms with E-state index in [2.05, 4.69) is 32.3 Å². The Kier molecular flexibility index (Phi) is 6.53. The molecule has 2 heterocycles. The molecule has 0 radical (unpaired) electrons. The lowest BCUT2D eigenvalue weighted by molar-refractivity contribution is -0.118. The van der Waals surface area contributed by atoms with E-state index in [9.17, 15) is 4.79 Å². The van der Waals surface area contributed by atoms with Crippen LogP contribution in [0.25, 0.3) is 0 Å². The number of amides is 1. The van der Waals surface area contributed by atoms with E-state index < -0.39 is 0 Å². The van der Waals surface area contributed by atoms with Crippen molar-refractivity contribution >= 4 is 35.1 Å². The zero-order chi connectivity index (χ0) is 17.5. The van der Waals surface area contributed by atoms with Crippen LogP contribution in [0.5, 0.6) is 0 Å². The zero-order valence-electron chi connectivity index (χ0n) is 13.9. The zero-order valence-corrected chi connectivity index (χ0v) is 15.5. The van der Waals surface area contributed by atoms with Crippen molar-refractivity contribution < 1.29 is 4.79 Å². The summed E-state index contributed by atoms with van der Waals surface area (Å²) in [6.07, 6.45) is 3.17. The number of benzene rings is 1. The summed E-state index contributed by atoms with van der Waals surface area (Å²) in [5.74, 6) is 1.12. The van der Waals surface area contributed by atoms with E-state index in [-0.39, 0.29) is 11.7 Å². The van der Waals surface area contributed by atoms with Crippen LogP contribution in [0.3, 0.4) is 0 Å². The first-order valence-electron chi connectivity index (χ1n) is 8.44. The number of carbonyl (C=O) groups excluding carboxylic acids is 1. The monoisotopic (exact) mass is 376 g/mol. The number of aromatic nitrogens is 2. The molecule has 1 amide bonds. The Morgan fingerprint density at radius 1 is 1.20 bits per heavy atom. The van der Waals surface area contributed by atoms with Crippen molar-refractivity contribution in [2.75, 3.05) is 30.3 Å². The van der Waals surface area contributed by atoms with Crippen molar-refractivity contribution in [3.63, 3.8) is 0 Å². The number of halogens is 1. The number of nitrogens with zero attached hydrogens (tertiary/aromatic N) is 3. The highest BCUT2D eigenvalue weighted by atomic mass is 35.5. The molecule has 1 saturated heterocycles. The second-order valence-electron chi connectivity index (χ2n) is 5.90. The number of hydrogen-bond acceptors (Lipinski definition) is 5. The fraction of sp³-hybridized carbons (Fsp3) is 0.389. The Labute approximate surface area is 157 Å². The van der Waals surface area contributed by atoms with Gasteiger partial charge in [-0.2, -0.15) is 0 Å². The standard InChI is InChI=1S/C18H21ClN4OS/c19-15-12-16(23-10-4-5-11-23)22-18(21-15)25-13-17(24)20-9-8-14-6-2-1-3-7-14/h1-3,6-7,12H,4-5,8-11,13H2,(H,20,24). The molecule has 0 atom stereocenters. The van der Waals surface area contributed by atoms with Gasteiger partial charge in [-0.15, -0.1) is 0 Å². The van der Waals surface area contributed by atoms with Crippen molar-refractivity contribution in [2.45, 2.75) is 24.4 Å². The third-order valence-electron chi connectivity index (χ3n) is 4.00. The third-order valence-corrected chi connectivity index (χ3v) is 5.04. The molecule has 132 valence electrons. The van der Waals surface area contributed by atoms with Crippen molar-refractivity contribution in [1.29, 1.82) is 0 Å². The van der Waals surface area contributed by atoms with Gasteiger partial charge >= 0.3 is 0 Å². The summed E-state index contributed by atoms with van der Waals surface area (Å²) in [6.45, 7) is 2.62. The van der Waals surface area contributed by atoms with Gasteiger partial charge in [-0.05, 0) is 24.8 Å². The van der Waals surface area contributed by atoms with Gasteiger partial charge in [0.1, 0.15) is 11.0 Å². The molecule has 5 nitrogen and oxygen atoms in total. The summed E-state index contributed by atoms with van der Waals surface area (Å²) < 4.78 is 0. The average molecular weight is 377 g/mol. The van der Waals surface area contributed by atoms with Gasteiger partial charge in [0.05, 0.1) is 5.75 Å². The summed E-state index contributed by atoms with van der Waals surface area (Å²) in [5.41, 5.74) is 1.21. The molecular formula is C18H21ClN4OS. The van der Waals surface area contributed by atoms with Crippen LogP contribution in [0, 0.1) is 0 Å². The highest BCUT2D eigenvalue weighted by molar-refractivity contribution is 7.99. The predicted octanol–water partition coefficient (Wildman–Crippen LogP) is 3.18. The quantitative estimate of drug-likeness (QED) is 0.457. The maximum atomic E-state index is 12.0. The summed E-state index contributed by atoms with van der Waals surface area (Å²) in [7, 11) is 0. The van der Waals surface area contributed by atoms with E-state index in [1.165, 1.54) is 30.2 Å². The van der Waals surface area contributed by atoms with E-state index in [0.717, 1.165) is 25.3 Å². The average Bonchev–Trinajstić information content (AvgIpc) is 3.15. The van der Waals surface area contributed by atoms with Gasteiger partial charge in [-0.25, -0.2) is 9.97 Å². The highest BCUT2D eigenvalue weighted by Crippen LogP contribution is 2.24. The van der Waals surface area contributed by atoms with Crippen molar-refractivity contribution in [1.82, 2.24) is 15.3 Å². The van der Waals surface area contributed by atoms with Crippen LogP contribution in [0.2, 0.25) is 5.15 Å². The van der Waals surface area contributed by atoms with Crippen molar-refractivity contribution in [3.05, 3.63) is 47.1 Å². The van der Waals surface area contributed by atoms with Crippen molar-refractivity contribution in [3.8, 4) is 0 Å². The molecule has 2 aromatic rings. The third kappa shape index (κ3) is 5.61. The lowest BCUT2D eigenvalue weighted by atomic mass is 10.1. The minimum atomic E-state index is -0.0211. The summed E-state index contributed by atoms with van der Waals surface area (Å²) in [6, 6.07) is 11.9. The number of thioether (sulfide) groups is 1. The van der Waals surface area contributed by atoms with Crippen LogP contribution >= 0.6 is 23.4 Å². The number of nitrogens with one attached hydrogen (secondary N) is 1. The van der Waals surface area contributed by atoms with Crippen LogP contribution in [-0.2, 0) is 11.2 Å². The minimum Gasteiger partial charge on any atom is -0.356 e. The minimum absolute atomic E-state index is 0.0211. The summed E-state index contributed by atoms with van der Waals surface area (Å²) in [5, 5.41) is 3.90.